The minimum Gasteiger partial charge on any atom is -0.379 e. The molecule has 0 radical (unpaired) electrons. The Morgan fingerprint density at radius 2 is 2.00 bits per heavy atom. The lowest BCUT2D eigenvalue weighted by atomic mass is 9.89. The van der Waals surface area contributed by atoms with Gasteiger partial charge in [0, 0.05) is 31.1 Å². The second-order valence-corrected chi connectivity index (χ2v) is 8.81. The van der Waals surface area contributed by atoms with Crippen molar-refractivity contribution in [3.63, 3.8) is 0 Å². The normalized spacial score (nSPS) is 24.4. The summed E-state index contributed by atoms with van der Waals surface area (Å²) in [4.78, 5) is 17.7. The molecule has 0 spiro atoms. The van der Waals surface area contributed by atoms with Crippen molar-refractivity contribution in [3.8, 4) is 0 Å². The van der Waals surface area contributed by atoms with Crippen LogP contribution < -0.4 is 4.90 Å². The highest BCUT2D eigenvalue weighted by molar-refractivity contribution is 7.19. The number of nitrogens with zero attached hydrogens (tertiary/aromatic N) is 4. The van der Waals surface area contributed by atoms with E-state index in [1.165, 1.54) is 41.7 Å². The van der Waals surface area contributed by atoms with E-state index in [-0.39, 0.29) is 0 Å². The number of hydrogen-bond acceptors (Lipinski definition) is 6. The number of anilines is 1. The van der Waals surface area contributed by atoms with E-state index in [9.17, 15) is 0 Å². The highest BCUT2D eigenvalue weighted by Crippen LogP contribution is 2.41. The first-order valence-corrected chi connectivity index (χ1v) is 10.5. The van der Waals surface area contributed by atoms with Crippen LogP contribution in [0.5, 0.6) is 0 Å². The number of fused-ring (bicyclic) bond motifs is 3. The molecule has 6 heteroatoms. The molecule has 5 rings (SSSR count). The van der Waals surface area contributed by atoms with Crippen molar-refractivity contribution in [2.75, 3.05) is 44.3 Å². The Labute approximate surface area is 153 Å². The quantitative estimate of drug-likeness (QED) is 0.844. The fourth-order valence-corrected chi connectivity index (χ4v) is 5.55. The number of ether oxygens (including phenoxy) is 1. The molecule has 5 nitrogen and oxygen atoms in total. The summed E-state index contributed by atoms with van der Waals surface area (Å²) in [6.45, 7) is 9.13. The van der Waals surface area contributed by atoms with Crippen LogP contribution in [0.2, 0.25) is 0 Å². The van der Waals surface area contributed by atoms with Gasteiger partial charge in [0.2, 0.25) is 0 Å². The average Bonchev–Trinajstić information content (AvgIpc) is 2.91. The van der Waals surface area contributed by atoms with Crippen LogP contribution >= 0.6 is 11.3 Å². The molecule has 0 aromatic carbocycles. The predicted octanol–water partition coefficient (Wildman–Crippen LogP) is 2.86. The van der Waals surface area contributed by atoms with Gasteiger partial charge in [-0.05, 0) is 37.2 Å². The molecular formula is C19H26N4OS. The molecule has 2 fully saturated rings. The van der Waals surface area contributed by atoms with E-state index >= 15 is 0 Å². The maximum absolute atomic E-state index is 5.47. The van der Waals surface area contributed by atoms with Crippen molar-refractivity contribution >= 4 is 27.4 Å². The van der Waals surface area contributed by atoms with Crippen LogP contribution in [-0.4, -0.2) is 54.3 Å². The van der Waals surface area contributed by atoms with Gasteiger partial charge in [-0.1, -0.05) is 6.92 Å². The first-order chi connectivity index (χ1) is 12.3. The lowest BCUT2D eigenvalue weighted by Crippen LogP contribution is -2.39. The standard InChI is InChI=1S/C19H26N4OS/c1-13-3-4-14-15(11-13)25-19-17(14)18(23-5-2-6-23)20-16(21-19)12-22-7-9-24-10-8-22/h13H,2-12H2,1H3. The highest BCUT2D eigenvalue weighted by Gasteiger charge is 2.28. The predicted molar refractivity (Wildman–Crippen MR) is 102 cm³/mol. The van der Waals surface area contributed by atoms with Crippen LogP contribution in [0.15, 0.2) is 0 Å². The summed E-state index contributed by atoms with van der Waals surface area (Å²) in [6.07, 6.45) is 5.00. The number of hydrogen-bond donors (Lipinski definition) is 0. The van der Waals surface area contributed by atoms with E-state index in [1.807, 2.05) is 11.3 Å². The molecule has 2 saturated heterocycles. The maximum atomic E-state index is 5.47. The fourth-order valence-electron chi connectivity index (χ4n) is 4.15. The molecule has 0 amide bonds. The molecule has 1 atom stereocenters. The zero-order valence-corrected chi connectivity index (χ0v) is 15.8. The van der Waals surface area contributed by atoms with Gasteiger partial charge in [0.25, 0.3) is 0 Å². The van der Waals surface area contributed by atoms with Gasteiger partial charge in [-0.15, -0.1) is 11.3 Å². The van der Waals surface area contributed by atoms with E-state index in [1.54, 1.807) is 10.4 Å². The number of morpholine rings is 1. The second kappa shape index (κ2) is 6.49. The molecule has 2 aliphatic heterocycles. The van der Waals surface area contributed by atoms with Crippen LogP contribution in [0.1, 0.15) is 36.0 Å². The highest BCUT2D eigenvalue weighted by atomic mass is 32.1. The van der Waals surface area contributed by atoms with E-state index in [2.05, 4.69) is 16.7 Å². The van der Waals surface area contributed by atoms with Crippen LogP contribution in [0.25, 0.3) is 10.2 Å². The molecule has 1 unspecified atom stereocenters. The van der Waals surface area contributed by atoms with Gasteiger partial charge in [0.1, 0.15) is 16.5 Å². The van der Waals surface area contributed by atoms with Crippen molar-refractivity contribution < 1.29 is 4.74 Å². The molecule has 0 N–H and O–H groups in total. The fraction of sp³-hybridized carbons (Fsp3) is 0.684. The summed E-state index contributed by atoms with van der Waals surface area (Å²) >= 11 is 1.92. The SMILES string of the molecule is CC1CCc2c(sc3nc(CN4CCOCC4)nc(N4CCC4)c23)C1. The van der Waals surface area contributed by atoms with E-state index in [0.717, 1.165) is 57.7 Å². The molecule has 2 aromatic rings. The van der Waals surface area contributed by atoms with E-state index < -0.39 is 0 Å². The Balaban J connectivity index is 1.55. The monoisotopic (exact) mass is 358 g/mol. The summed E-state index contributed by atoms with van der Waals surface area (Å²) in [5.41, 5.74) is 1.55. The Morgan fingerprint density at radius 1 is 1.16 bits per heavy atom. The molecule has 134 valence electrons. The van der Waals surface area contributed by atoms with Gasteiger partial charge in [0.15, 0.2) is 0 Å². The maximum Gasteiger partial charge on any atom is 0.146 e. The summed E-state index contributed by atoms with van der Waals surface area (Å²) in [5.74, 6) is 3.00. The lowest BCUT2D eigenvalue weighted by molar-refractivity contribution is 0.0331. The third-order valence-corrected chi connectivity index (χ3v) is 6.95. The first kappa shape index (κ1) is 16.0. The lowest BCUT2D eigenvalue weighted by Gasteiger charge is -2.33. The largest absolute Gasteiger partial charge is 0.379 e. The topological polar surface area (TPSA) is 41.5 Å². The number of aromatic nitrogens is 2. The Morgan fingerprint density at radius 3 is 2.76 bits per heavy atom. The average molecular weight is 359 g/mol. The summed E-state index contributed by atoms with van der Waals surface area (Å²) < 4.78 is 5.47. The molecule has 2 aromatic heterocycles. The van der Waals surface area contributed by atoms with Crippen LogP contribution in [0.4, 0.5) is 5.82 Å². The molecule has 3 aliphatic rings. The van der Waals surface area contributed by atoms with Crippen LogP contribution in [0, 0.1) is 5.92 Å². The molecule has 0 saturated carbocycles. The molecular weight excluding hydrogens is 332 g/mol. The third-order valence-electron chi connectivity index (χ3n) is 5.81. The van der Waals surface area contributed by atoms with Crippen molar-refractivity contribution in [1.82, 2.24) is 14.9 Å². The third kappa shape index (κ3) is 2.94. The summed E-state index contributed by atoms with van der Waals surface area (Å²) in [6, 6.07) is 0. The van der Waals surface area contributed by atoms with E-state index in [0.29, 0.717) is 0 Å². The molecule has 0 bridgehead atoms. The van der Waals surface area contributed by atoms with Gasteiger partial charge >= 0.3 is 0 Å². The zero-order valence-electron chi connectivity index (χ0n) is 15.0. The Hall–Kier alpha value is -1.24. The van der Waals surface area contributed by atoms with Crippen LogP contribution in [-0.2, 0) is 24.1 Å². The smallest absolute Gasteiger partial charge is 0.146 e. The van der Waals surface area contributed by atoms with Gasteiger partial charge in [-0.3, -0.25) is 4.90 Å². The molecule has 1 aliphatic carbocycles. The van der Waals surface area contributed by atoms with Crippen molar-refractivity contribution in [2.24, 2.45) is 5.92 Å². The van der Waals surface area contributed by atoms with Gasteiger partial charge in [0.05, 0.1) is 25.1 Å². The molecule has 4 heterocycles. The van der Waals surface area contributed by atoms with Crippen molar-refractivity contribution in [1.29, 1.82) is 0 Å². The number of rotatable bonds is 3. The van der Waals surface area contributed by atoms with Gasteiger partial charge < -0.3 is 9.64 Å². The first-order valence-electron chi connectivity index (χ1n) is 9.64. The second-order valence-electron chi connectivity index (χ2n) is 7.72. The van der Waals surface area contributed by atoms with Crippen molar-refractivity contribution in [3.05, 3.63) is 16.3 Å². The zero-order chi connectivity index (χ0) is 16.8. The Bertz CT molecular complexity index is 779. The van der Waals surface area contributed by atoms with Gasteiger partial charge in [-0.25, -0.2) is 9.97 Å². The number of thiophene rings is 1. The Kier molecular flexibility index (Phi) is 4.14. The summed E-state index contributed by atoms with van der Waals surface area (Å²) in [7, 11) is 0. The van der Waals surface area contributed by atoms with E-state index in [4.69, 9.17) is 14.7 Å². The van der Waals surface area contributed by atoms with Gasteiger partial charge in [-0.2, -0.15) is 0 Å². The minimum absolute atomic E-state index is 0.800. The van der Waals surface area contributed by atoms with Crippen molar-refractivity contribution in [2.45, 2.75) is 39.2 Å². The number of aryl methyl sites for hydroxylation is 1. The minimum atomic E-state index is 0.800. The molecule has 25 heavy (non-hydrogen) atoms. The summed E-state index contributed by atoms with van der Waals surface area (Å²) in [5, 5.41) is 1.37. The van der Waals surface area contributed by atoms with Crippen LogP contribution in [0.3, 0.4) is 0 Å².